The van der Waals surface area contributed by atoms with Crippen molar-refractivity contribution < 1.29 is 66.5 Å². The van der Waals surface area contributed by atoms with Crippen LogP contribution in [0.4, 0.5) is 0 Å². The minimum absolute atomic E-state index is 0.292. The molecule has 4 aliphatic heterocycles. The van der Waals surface area contributed by atoms with E-state index in [1.54, 1.807) is 17.1 Å². The number of aromatic nitrogens is 6. The Labute approximate surface area is 298 Å². The second kappa shape index (κ2) is 14.7. The van der Waals surface area contributed by atoms with E-state index in [0.29, 0.717) is 25.1 Å². The molecule has 0 spiro atoms. The number of hydrogen-bond donors (Lipinski definition) is 0. The standard InChI is InChI=1S/C32H44N6O14/c1-15(39)43-14-22-23(44-16(2)40)25(45-17(3)41)27(46-18(4)42)29(47-22)38-12-19(34-36-38)9-10-20-11-33-35-37(20)13-21-24-26(50-31(5,6)49-24)28-30(48-21)52-32(7,8)51-28/h11-12,21-30H,9-10,13-14H2,1-8H3/t21-,22+,23+,24+,25-,26+,27+,28-,29+,30-/m1/s1. The van der Waals surface area contributed by atoms with Crippen LogP contribution >= 0.6 is 0 Å². The average Bonchev–Trinajstić information content (AvgIpc) is 3.81. The van der Waals surface area contributed by atoms with Gasteiger partial charge < -0.3 is 47.4 Å². The first kappa shape index (κ1) is 37.7. The maximum atomic E-state index is 12.2. The van der Waals surface area contributed by atoms with Gasteiger partial charge in [-0.05, 0) is 40.5 Å². The summed E-state index contributed by atoms with van der Waals surface area (Å²) in [6.07, 6.45) is -4.77. The second-order valence-electron chi connectivity index (χ2n) is 13.9. The quantitative estimate of drug-likeness (QED) is 0.224. The van der Waals surface area contributed by atoms with Crippen molar-refractivity contribution in [2.45, 2.75) is 148 Å². The third-order valence-corrected chi connectivity index (χ3v) is 8.72. The highest BCUT2D eigenvalue weighted by Crippen LogP contribution is 2.44. The van der Waals surface area contributed by atoms with Crippen molar-refractivity contribution in [1.29, 1.82) is 0 Å². The van der Waals surface area contributed by atoms with Crippen LogP contribution < -0.4 is 0 Å². The number of carbonyl (C=O) groups excluding carboxylic acids is 4. The smallest absolute Gasteiger partial charge is 0.303 e. The van der Waals surface area contributed by atoms with Crippen LogP contribution in [0.5, 0.6) is 0 Å². The van der Waals surface area contributed by atoms with Crippen molar-refractivity contribution in [3.63, 3.8) is 0 Å². The molecule has 0 amide bonds. The van der Waals surface area contributed by atoms with E-state index in [0.717, 1.165) is 26.5 Å². The van der Waals surface area contributed by atoms with Crippen LogP contribution in [0.2, 0.25) is 0 Å². The van der Waals surface area contributed by atoms with Gasteiger partial charge in [-0.2, -0.15) is 0 Å². The molecule has 2 aromatic heterocycles. The molecule has 0 aliphatic carbocycles. The van der Waals surface area contributed by atoms with Gasteiger partial charge in [0.1, 0.15) is 37.1 Å². The first-order chi connectivity index (χ1) is 24.5. The van der Waals surface area contributed by atoms with Gasteiger partial charge in [-0.15, -0.1) is 10.2 Å². The van der Waals surface area contributed by atoms with Gasteiger partial charge in [-0.3, -0.25) is 19.2 Å². The highest BCUT2D eigenvalue weighted by molar-refractivity contribution is 5.68. The maximum Gasteiger partial charge on any atom is 0.303 e. The topological polar surface area (TPSA) is 222 Å². The van der Waals surface area contributed by atoms with E-state index in [9.17, 15) is 19.2 Å². The summed E-state index contributed by atoms with van der Waals surface area (Å²) in [5.41, 5.74) is 1.29. The van der Waals surface area contributed by atoms with Crippen molar-refractivity contribution in [3.05, 3.63) is 23.8 Å². The normalized spacial score (nSPS) is 33.1. The van der Waals surface area contributed by atoms with Gasteiger partial charge in [-0.1, -0.05) is 10.4 Å². The Balaban J connectivity index is 1.18. The van der Waals surface area contributed by atoms with Crippen molar-refractivity contribution in [2.24, 2.45) is 0 Å². The number of esters is 4. The lowest BCUT2D eigenvalue weighted by Gasteiger charge is -2.44. The Bertz CT molecular complexity index is 1640. The number of aryl methyl sites for hydroxylation is 2. The molecule has 52 heavy (non-hydrogen) atoms. The number of fused-ring (bicyclic) bond motifs is 3. The number of hydrogen-bond acceptors (Lipinski definition) is 18. The van der Waals surface area contributed by atoms with Crippen LogP contribution in [0, 0.1) is 0 Å². The van der Waals surface area contributed by atoms with E-state index in [2.05, 4.69) is 20.6 Å². The van der Waals surface area contributed by atoms with Crippen molar-refractivity contribution in [3.8, 4) is 0 Å². The zero-order valence-corrected chi connectivity index (χ0v) is 30.2. The second-order valence-corrected chi connectivity index (χ2v) is 13.9. The van der Waals surface area contributed by atoms with E-state index < -0.39 is 96.8 Å². The summed E-state index contributed by atoms with van der Waals surface area (Å²) in [7, 11) is 0. The highest BCUT2D eigenvalue weighted by atomic mass is 16.9. The highest BCUT2D eigenvalue weighted by Gasteiger charge is 2.61. The van der Waals surface area contributed by atoms with Gasteiger partial charge in [0.2, 0.25) is 0 Å². The Kier molecular flexibility index (Phi) is 10.7. The maximum absolute atomic E-state index is 12.2. The SMILES string of the molecule is CC(=O)OC[C@@H]1O[C@H](n2cc(CCc3cnnn3C[C@H]3O[C@@H]4OC(C)(C)O[C@@H]4[C@H]4OC(C)(C)O[C@H]43)nn2)[C@@H](OC(C)=O)[C@H](OC(C)=O)[C@H]1OC(C)=O. The predicted molar refractivity (Wildman–Crippen MR) is 167 cm³/mol. The fourth-order valence-electron chi connectivity index (χ4n) is 6.86. The molecule has 4 fully saturated rings. The first-order valence-electron chi connectivity index (χ1n) is 16.9. The summed E-state index contributed by atoms with van der Waals surface area (Å²) < 4.78 is 61.8. The molecule has 4 saturated heterocycles. The average molecular weight is 737 g/mol. The van der Waals surface area contributed by atoms with Gasteiger partial charge in [0.05, 0.1) is 30.3 Å². The number of nitrogens with zero attached hydrogens (tertiary/aromatic N) is 6. The van der Waals surface area contributed by atoms with E-state index in [4.69, 9.17) is 47.4 Å². The summed E-state index contributed by atoms with van der Waals surface area (Å²) in [6, 6.07) is 0. The van der Waals surface area contributed by atoms with Crippen LogP contribution in [-0.2, 0) is 85.9 Å². The molecule has 0 N–H and O–H groups in total. The molecule has 20 nitrogen and oxygen atoms in total. The molecule has 4 aliphatic rings. The monoisotopic (exact) mass is 736 g/mol. The largest absolute Gasteiger partial charge is 0.463 e. The van der Waals surface area contributed by atoms with E-state index in [1.165, 1.54) is 11.6 Å². The molecular weight excluding hydrogens is 692 g/mol. The Morgan fingerprint density at radius 3 is 2.06 bits per heavy atom. The molecular formula is C32H44N6O14. The molecule has 0 unspecified atom stereocenters. The van der Waals surface area contributed by atoms with Crippen LogP contribution in [0.3, 0.4) is 0 Å². The molecule has 2 aromatic rings. The predicted octanol–water partition coefficient (Wildman–Crippen LogP) is 0.307. The van der Waals surface area contributed by atoms with Crippen LogP contribution in [0.1, 0.15) is 73.0 Å². The zero-order valence-electron chi connectivity index (χ0n) is 30.2. The van der Waals surface area contributed by atoms with Gasteiger partial charge in [0, 0.05) is 27.7 Å². The van der Waals surface area contributed by atoms with Crippen molar-refractivity contribution >= 4 is 23.9 Å². The summed E-state index contributed by atoms with van der Waals surface area (Å²) in [6.45, 7) is 11.9. The molecule has 6 rings (SSSR count). The van der Waals surface area contributed by atoms with Gasteiger partial charge in [0.25, 0.3) is 0 Å². The minimum Gasteiger partial charge on any atom is -0.463 e. The third kappa shape index (κ3) is 8.42. The number of ether oxygens (including phenoxy) is 10. The molecule has 0 saturated carbocycles. The van der Waals surface area contributed by atoms with Gasteiger partial charge >= 0.3 is 23.9 Å². The summed E-state index contributed by atoms with van der Waals surface area (Å²) >= 11 is 0. The lowest BCUT2D eigenvalue weighted by molar-refractivity contribution is -0.270. The lowest BCUT2D eigenvalue weighted by atomic mass is 9.97. The van der Waals surface area contributed by atoms with Crippen LogP contribution in [-0.4, -0.2) is 127 Å². The van der Waals surface area contributed by atoms with E-state index in [1.807, 2.05) is 27.7 Å². The third-order valence-electron chi connectivity index (χ3n) is 8.72. The number of carbonyl (C=O) groups is 4. The summed E-state index contributed by atoms with van der Waals surface area (Å²) in [5.74, 6) is -4.53. The van der Waals surface area contributed by atoms with Crippen LogP contribution in [0.15, 0.2) is 12.4 Å². The fourth-order valence-corrected chi connectivity index (χ4v) is 6.86. The summed E-state index contributed by atoms with van der Waals surface area (Å²) in [5, 5.41) is 16.9. The van der Waals surface area contributed by atoms with Gasteiger partial charge in [-0.25, -0.2) is 9.36 Å². The van der Waals surface area contributed by atoms with E-state index in [-0.39, 0.29) is 6.61 Å². The van der Waals surface area contributed by atoms with Crippen molar-refractivity contribution in [2.75, 3.05) is 6.61 Å². The van der Waals surface area contributed by atoms with Gasteiger partial charge in [0.15, 0.2) is 42.4 Å². The van der Waals surface area contributed by atoms with Crippen molar-refractivity contribution in [1.82, 2.24) is 30.0 Å². The molecule has 6 heterocycles. The molecule has 20 heteroatoms. The molecule has 286 valence electrons. The molecule has 0 bridgehead atoms. The van der Waals surface area contributed by atoms with E-state index >= 15 is 0 Å². The Morgan fingerprint density at radius 1 is 0.731 bits per heavy atom. The first-order valence-corrected chi connectivity index (χ1v) is 16.9. The zero-order chi connectivity index (χ0) is 37.5. The van der Waals surface area contributed by atoms with Crippen LogP contribution in [0.25, 0.3) is 0 Å². The minimum atomic E-state index is -1.35. The Morgan fingerprint density at radius 2 is 1.37 bits per heavy atom. The molecule has 0 aromatic carbocycles. The number of rotatable bonds is 11. The Hall–Kier alpha value is -4.08. The molecule has 10 atom stereocenters. The fraction of sp³-hybridized carbons (Fsp3) is 0.750. The summed E-state index contributed by atoms with van der Waals surface area (Å²) in [4.78, 5) is 48.2. The molecule has 0 radical (unpaired) electrons. The lowest BCUT2D eigenvalue weighted by Crippen LogP contribution is -2.60.